The lowest BCUT2D eigenvalue weighted by Crippen LogP contribution is -2.13. The van der Waals surface area contributed by atoms with Crippen LogP contribution in [0.2, 0.25) is 0 Å². The van der Waals surface area contributed by atoms with Crippen molar-refractivity contribution in [3.8, 4) is 0 Å². The molecule has 11 heavy (non-hydrogen) atoms. The van der Waals surface area contributed by atoms with E-state index in [0.717, 1.165) is 9.75 Å². The van der Waals surface area contributed by atoms with Crippen molar-refractivity contribution in [3.05, 3.63) is 21.9 Å². The molecule has 5 heteroatoms. The summed E-state index contributed by atoms with van der Waals surface area (Å²) in [4.78, 5) is 1.90. The van der Waals surface area contributed by atoms with Crippen LogP contribution in [0.25, 0.3) is 0 Å². The van der Waals surface area contributed by atoms with E-state index in [1.54, 1.807) is 6.07 Å². The quantitative estimate of drug-likeness (QED) is 0.753. The Morgan fingerprint density at radius 1 is 1.55 bits per heavy atom. The van der Waals surface area contributed by atoms with Gasteiger partial charge in [0.05, 0.1) is 5.75 Å². The third-order valence-corrected chi connectivity index (χ3v) is 3.04. The molecule has 1 aromatic heterocycles. The van der Waals surface area contributed by atoms with Crippen molar-refractivity contribution in [3.63, 3.8) is 0 Å². The first-order valence-electron chi connectivity index (χ1n) is 3.03. The lowest BCUT2D eigenvalue weighted by molar-refractivity contribution is 0.597. The molecule has 0 bridgehead atoms. The summed E-state index contributed by atoms with van der Waals surface area (Å²) in [5.41, 5.74) is 0. The van der Waals surface area contributed by atoms with Gasteiger partial charge in [-0.25, -0.2) is 13.6 Å². The molecule has 0 aromatic carbocycles. The number of thiophene rings is 1. The van der Waals surface area contributed by atoms with Crippen LogP contribution < -0.4 is 5.14 Å². The minimum absolute atomic E-state index is 0.0501. The molecule has 2 N–H and O–H groups in total. The molecular weight excluding hydrogens is 182 g/mol. The van der Waals surface area contributed by atoms with E-state index in [1.807, 2.05) is 13.0 Å². The fraction of sp³-hybridized carbons (Fsp3) is 0.333. The first-order valence-corrected chi connectivity index (χ1v) is 5.56. The third kappa shape index (κ3) is 3.00. The molecule has 3 nitrogen and oxygen atoms in total. The second-order valence-corrected chi connectivity index (χ2v) is 5.31. The van der Waals surface area contributed by atoms with Gasteiger partial charge in [-0.1, -0.05) is 0 Å². The second-order valence-electron chi connectivity index (χ2n) is 2.32. The molecule has 0 aliphatic carbocycles. The molecule has 0 radical (unpaired) electrons. The van der Waals surface area contributed by atoms with Crippen LogP contribution >= 0.6 is 11.3 Å². The predicted molar refractivity (Wildman–Crippen MR) is 45.9 cm³/mol. The van der Waals surface area contributed by atoms with Crippen molar-refractivity contribution in [2.24, 2.45) is 5.14 Å². The molecule has 0 aliphatic heterocycles. The minimum Gasteiger partial charge on any atom is -0.228 e. The van der Waals surface area contributed by atoms with Crippen LogP contribution in [0.4, 0.5) is 0 Å². The Morgan fingerprint density at radius 2 is 2.18 bits per heavy atom. The van der Waals surface area contributed by atoms with Gasteiger partial charge in [0.25, 0.3) is 0 Å². The maximum Gasteiger partial charge on any atom is 0.214 e. The van der Waals surface area contributed by atoms with E-state index in [0.29, 0.717) is 0 Å². The maximum atomic E-state index is 10.6. The van der Waals surface area contributed by atoms with Gasteiger partial charge in [0, 0.05) is 9.75 Å². The first kappa shape index (κ1) is 8.70. The maximum absolute atomic E-state index is 10.6. The average Bonchev–Trinajstić information content (AvgIpc) is 2.10. The highest BCUT2D eigenvalue weighted by Crippen LogP contribution is 2.16. The highest BCUT2D eigenvalue weighted by atomic mass is 32.2. The number of rotatable bonds is 2. The van der Waals surface area contributed by atoms with E-state index in [-0.39, 0.29) is 5.75 Å². The van der Waals surface area contributed by atoms with Crippen LogP contribution in [0.15, 0.2) is 12.1 Å². The fourth-order valence-corrected chi connectivity index (χ4v) is 2.67. The molecule has 0 fully saturated rings. The first-order chi connectivity index (χ1) is 4.97. The monoisotopic (exact) mass is 191 g/mol. The number of sulfonamides is 1. The molecule has 0 spiro atoms. The fourth-order valence-electron chi connectivity index (χ4n) is 0.761. The second kappa shape index (κ2) is 2.92. The highest BCUT2D eigenvalue weighted by molar-refractivity contribution is 7.88. The van der Waals surface area contributed by atoms with Crippen molar-refractivity contribution in [1.29, 1.82) is 0 Å². The Balaban J connectivity index is 2.81. The number of aryl methyl sites for hydroxylation is 1. The van der Waals surface area contributed by atoms with E-state index in [9.17, 15) is 8.42 Å². The van der Waals surface area contributed by atoms with E-state index in [4.69, 9.17) is 5.14 Å². The van der Waals surface area contributed by atoms with Crippen LogP contribution in [0.1, 0.15) is 9.75 Å². The van der Waals surface area contributed by atoms with Crippen molar-refractivity contribution in [1.82, 2.24) is 0 Å². The smallest absolute Gasteiger partial charge is 0.214 e. The zero-order chi connectivity index (χ0) is 8.48. The van der Waals surface area contributed by atoms with Gasteiger partial charge in [-0.2, -0.15) is 0 Å². The molecule has 62 valence electrons. The zero-order valence-electron chi connectivity index (χ0n) is 6.07. The van der Waals surface area contributed by atoms with Crippen molar-refractivity contribution in [2.75, 3.05) is 0 Å². The summed E-state index contributed by atoms with van der Waals surface area (Å²) in [6, 6.07) is 3.66. The van der Waals surface area contributed by atoms with Gasteiger partial charge in [-0.05, 0) is 19.1 Å². The largest absolute Gasteiger partial charge is 0.228 e. The van der Waals surface area contributed by atoms with E-state index in [1.165, 1.54) is 11.3 Å². The molecule has 0 saturated heterocycles. The van der Waals surface area contributed by atoms with Gasteiger partial charge in [0.1, 0.15) is 0 Å². The van der Waals surface area contributed by atoms with Crippen LogP contribution in [0.5, 0.6) is 0 Å². The van der Waals surface area contributed by atoms with Gasteiger partial charge in [-0.15, -0.1) is 11.3 Å². The SMILES string of the molecule is Cc1ccc(CS(N)(=O)=O)s1. The van der Waals surface area contributed by atoms with E-state index < -0.39 is 10.0 Å². The average molecular weight is 191 g/mol. The molecule has 1 heterocycles. The van der Waals surface area contributed by atoms with E-state index >= 15 is 0 Å². The van der Waals surface area contributed by atoms with Gasteiger partial charge < -0.3 is 0 Å². The Bertz CT molecular complexity index is 339. The Kier molecular flexibility index (Phi) is 2.31. The Hall–Kier alpha value is -0.390. The topological polar surface area (TPSA) is 60.2 Å². The number of primary sulfonamides is 1. The summed E-state index contributed by atoms with van der Waals surface area (Å²) >= 11 is 1.46. The summed E-state index contributed by atoms with van der Waals surface area (Å²) in [5, 5.41) is 4.86. The molecule has 0 atom stereocenters. The van der Waals surface area contributed by atoms with E-state index in [2.05, 4.69) is 0 Å². The molecule has 1 rings (SSSR count). The van der Waals surface area contributed by atoms with Gasteiger partial charge in [0.2, 0.25) is 10.0 Å². The minimum atomic E-state index is -3.35. The van der Waals surface area contributed by atoms with Crippen LogP contribution in [-0.2, 0) is 15.8 Å². The van der Waals surface area contributed by atoms with Crippen molar-refractivity contribution < 1.29 is 8.42 Å². The predicted octanol–water partition coefficient (Wildman–Crippen LogP) is 0.845. The Morgan fingerprint density at radius 3 is 2.55 bits per heavy atom. The zero-order valence-corrected chi connectivity index (χ0v) is 7.71. The molecule has 0 saturated carbocycles. The molecule has 0 unspecified atom stereocenters. The number of hydrogen-bond acceptors (Lipinski definition) is 3. The van der Waals surface area contributed by atoms with Gasteiger partial charge in [0.15, 0.2) is 0 Å². The van der Waals surface area contributed by atoms with Crippen LogP contribution in [0, 0.1) is 6.92 Å². The lowest BCUT2D eigenvalue weighted by Gasteiger charge is -1.91. The van der Waals surface area contributed by atoms with Crippen LogP contribution in [-0.4, -0.2) is 8.42 Å². The lowest BCUT2D eigenvalue weighted by atomic mass is 10.5. The standard InChI is InChI=1S/C6H9NO2S2/c1-5-2-3-6(10-5)4-11(7,8)9/h2-3H,4H2,1H3,(H2,7,8,9). The van der Waals surface area contributed by atoms with Crippen molar-refractivity contribution in [2.45, 2.75) is 12.7 Å². The molecule has 1 aromatic rings. The summed E-state index contributed by atoms with van der Waals surface area (Å²) in [7, 11) is -3.35. The summed E-state index contributed by atoms with van der Waals surface area (Å²) in [5.74, 6) is -0.0501. The normalized spacial score (nSPS) is 11.8. The van der Waals surface area contributed by atoms with Gasteiger partial charge >= 0.3 is 0 Å². The van der Waals surface area contributed by atoms with Crippen molar-refractivity contribution >= 4 is 21.4 Å². The third-order valence-electron chi connectivity index (χ3n) is 1.14. The van der Waals surface area contributed by atoms with Crippen LogP contribution in [0.3, 0.4) is 0 Å². The molecular formula is C6H9NO2S2. The van der Waals surface area contributed by atoms with Gasteiger partial charge in [-0.3, -0.25) is 0 Å². The number of nitrogens with two attached hydrogens (primary N) is 1. The molecule has 0 amide bonds. The molecule has 0 aliphatic rings. The summed E-state index contributed by atoms with van der Waals surface area (Å²) < 4.78 is 21.2. The summed E-state index contributed by atoms with van der Waals surface area (Å²) in [6.07, 6.45) is 0. The number of hydrogen-bond donors (Lipinski definition) is 1. The Labute approximate surface area is 69.9 Å². The summed E-state index contributed by atoms with van der Waals surface area (Å²) in [6.45, 7) is 1.93. The highest BCUT2D eigenvalue weighted by Gasteiger charge is 2.05.